The van der Waals surface area contributed by atoms with Crippen molar-refractivity contribution in [2.75, 3.05) is 19.0 Å². The molecular weight excluding hydrogens is 336 g/mol. The molecular formula is C19H22N2OS2. The zero-order valence-corrected chi connectivity index (χ0v) is 15.6. The van der Waals surface area contributed by atoms with E-state index in [0.29, 0.717) is 17.1 Å². The molecule has 0 amide bonds. The Kier molecular flexibility index (Phi) is 3.39. The van der Waals surface area contributed by atoms with Gasteiger partial charge in [0, 0.05) is 35.8 Å². The summed E-state index contributed by atoms with van der Waals surface area (Å²) in [5.74, 6) is 2.81. The third kappa shape index (κ3) is 2.14. The van der Waals surface area contributed by atoms with Crippen LogP contribution in [0.25, 0.3) is 0 Å². The number of benzene rings is 1. The molecule has 3 aliphatic rings. The van der Waals surface area contributed by atoms with Crippen LogP contribution in [-0.4, -0.2) is 24.3 Å². The van der Waals surface area contributed by atoms with Gasteiger partial charge in [-0.15, -0.1) is 11.8 Å². The van der Waals surface area contributed by atoms with Crippen molar-refractivity contribution in [3.63, 3.8) is 0 Å². The van der Waals surface area contributed by atoms with Crippen LogP contribution in [0.15, 0.2) is 34.1 Å². The van der Waals surface area contributed by atoms with E-state index in [1.807, 2.05) is 11.8 Å². The number of hydrogen-bond acceptors (Lipinski definition) is 4. The predicted octanol–water partition coefficient (Wildman–Crippen LogP) is 4.15. The quantitative estimate of drug-likeness (QED) is 0.876. The maximum absolute atomic E-state index is 12.0. The van der Waals surface area contributed by atoms with Gasteiger partial charge in [-0.25, -0.2) is 0 Å². The molecule has 2 bridgehead atoms. The van der Waals surface area contributed by atoms with Crippen LogP contribution in [0.2, 0.25) is 0 Å². The average Bonchev–Trinajstić information content (AvgIpc) is 3.26. The van der Waals surface area contributed by atoms with E-state index in [9.17, 15) is 4.79 Å². The zero-order chi connectivity index (χ0) is 16.4. The Morgan fingerprint density at radius 3 is 2.62 bits per heavy atom. The number of anilines is 1. The lowest BCUT2D eigenvalue weighted by atomic mass is 9.75. The van der Waals surface area contributed by atoms with Crippen molar-refractivity contribution in [3.05, 3.63) is 44.4 Å². The number of thioether (sulfide) groups is 1. The lowest BCUT2D eigenvalue weighted by Gasteiger charge is -2.40. The highest BCUT2D eigenvalue weighted by atomic mass is 32.2. The highest BCUT2D eigenvalue weighted by Gasteiger charge is 2.54. The molecule has 126 valence electrons. The molecule has 2 fully saturated rings. The maximum atomic E-state index is 12.0. The number of thiazole rings is 1. The van der Waals surface area contributed by atoms with E-state index >= 15 is 0 Å². The van der Waals surface area contributed by atoms with Crippen molar-refractivity contribution in [2.24, 2.45) is 17.8 Å². The first kappa shape index (κ1) is 15.1. The van der Waals surface area contributed by atoms with Crippen molar-refractivity contribution >= 4 is 28.8 Å². The standard InChI is InChI=1S/C19H22N2OS2/c1-21(2)13-7-5-10(6-8-13)14-15-11-3-4-12(9-11)16(15)23-18-17(14)24-19(22)20-18/h5-8,11-12,14-16H,3-4,9H2,1-2H3,(H,20,22)/t11-,12+,14+,15+,16+/m0/s1. The van der Waals surface area contributed by atoms with Gasteiger partial charge in [0.05, 0.1) is 5.03 Å². The summed E-state index contributed by atoms with van der Waals surface area (Å²) in [5, 5.41) is 1.85. The zero-order valence-electron chi connectivity index (χ0n) is 14.0. The second-order valence-electron chi connectivity index (χ2n) is 7.66. The topological polar surface area (TPSA) is 36.1 Å². The Bertz CT molecular complexity index is 823. The van der Waals surface area contributed by atoms with Gasteiger partial charge >= 0.3 is 4.87 Å². The van der Waals surface area contributed by atoms with Gasteiger partial charge in [-0.3, -0.25) is 4.79 Å². The van der Waals surface area contributed by atoms with Gasteiger partial charge < -0.3 is 9.88 Å². The normalized spacial score (nSPS) is 33.3. The van der Waals surface area contributed by atoms with Crippen LogP contribution in [0.4, 0.5) is 5.69 Å². The summed E-state index contributed by atoms with van der Waals surface area (Å²) in [7, 11) is 4.16. The van der Waals surface area contributed by atoms with E-state index in [1.54, 1.807) is 0 Å². The molecule has 2 saturated carbocycles. The van der Waals surface area contributed by atoms with Gasteiger partial charge in [-0.2, -0.15) is 0 Å². The summed E-state index contributed by atoms with van der Waals surface area (Å²) < 4.78 is 0. The summed E-state index contributed by atoms with van der Waals surface area (Å²) >= 11 is 3.40. The molecule has 0 unspecified atom stereocenters. The SMILES string of the molecule is CN(C)c1ccc([C@H]2c3sc(=O)[nH]c3S[C@@H]3[C@@H]4CC[C@@H](C4)[C@H]23)cc1. The van der Waals surface area contributed by atoms with Gasteiger partial charge in [-0.05, 0) is 54.7 Å². The molecule has 5 atom stereocenters. The lowest BCUT2D eigenvalue weighted by molar-refractivity contribution is 0.307. The number of fused-ring (bicyclic) bond motifs is 6. The molecule has 1 N–H and O–H groups in total. The van der Waals surface area contributed by atoms with Crippen LogP contribution >= 0.6 is 23.1 Å². The van der Waals surface area contributed by atoms with Gasteiger partial charge in [-0.1, -0.05) is 23.5 Å². The third-order valence-electron chi connectivity index (χ3n) is 6.23. The molecule has 2 heterocycles. The first-order valence-corrected chi connectivity index (χ1v) is 10.5. The molecule has 0 spiro atoms. The molecule has 24 heavy (non-hydrogen) atoms. The Morgan fingerprint density at radius 1 is 1.12 bits per heavy atom. The molecule has 5 heteroatoms. The molecule has 0 radical (unpaired) electrons. The van der Waals surface area contributed by atoms with Gasteiger partial charge in [0.2, 0.25) is 0 Å². The average molecular weight is 359 g/mol. The van der Waals surface area contributed by atoms with Crippen LogP contribution in [0, 0.1) is 17.8 Å². The molecule has 2 aromatic rings. The summed E-state index contributed by atoms with van der Waals surface area (Å²) in [5.41, 5.74) is 2.62. The first-order valence-electron chi connectivity index (χ1n) is 8.79. The van der Waals surface area contributed by atoms with Crippen LogP contribution in [0.5, 0.6) is 0 Å². The van der Waals surface area contributed by atoms with Crippen molar-refractivity contribution in [1.29, 1.82) is 0 Å². The van der Waals surface area contributed by atoms with Gasteiger partial charge in [0.15, 0.2) is 0 Å². The Morgan fingerprint density at radius 2 is 1.88 bits per heavy atom. The lowest BCUT2D eigenvalue weighted by Crippen LogP contribution is -2.33. The fourth-order valence-corrected chi connectivity index (χ4v) is 8.10. The Hall–Kier alpha value is -1.20. The maximum Gasteiger partial charge on any atom is 0.305 e. The number of aromatic amines is 1. The third-order valence-corrected chi connectivity index (χ3v) is 8.86. The number of nitrogens with zero attached hydrogens (tertiary/aromatic N) is 1. The first-order chi connectivity index (χ1) is 11.6. The number of rotatable bonds is 2. The predicted molar refractivity (Wildman–Crippen MR) is 102 cm³/mol. The Labute approximate surface area is 150 Å². The van der Waals surface area contributed by atoms with E-state index in [2.05, 4.69) is 48.2 Å². The van der Waals surface area contributed by atoms with Crippen molar-refractivity contribution in [2.45, 2.75) is 35.5 Å². The largest absolute Gasteiger partial charge is 0.378 e. The van der Waals surface area contributed by atoms with Gasteiger partial charge in [0.25, 0.3) is 0 Å². The van der Waals surface area contributed by atoms with Crippen molar-refractivity contribution < 1.29 is 0 Å². The van der Waals surface area contributed by atoms with Gasteiger partial charge in [0.1, 0.15) is 0 Å². The molecule has 0 saturated heterocycles. The molecule has 1 aliphatic heterocycles. The summed E-state index contributed by atoms with van der Waals surface area (Å²) in [6.07, 6.45) is 4.16. The minimum absolute atomic E-state index is 0.106. The minimum atomic E-state index is 0.106. The molecule has 1 aromatic carbocycles. The monoisotopic (exact) mass is 358 g/mol. The van der Waals surface area contributed by atoms with E-state index in [0.717, 1.165) is 16.9 Å². The second kappa shape index (κ2) is 5.40. The van der Waals surface area contributed by atoms with Crippen molar-refractivity contribution in [1.82, 2.24) is 4.98 Å². The fraction of sp³-hybridized carbons (Fsp3) is 0.526. The Balaban J connectivity index is 1.62. The van der Waals surface area contributed by atoms with Crippen LogP contribution in [0.1, 0.15) is 35.6 Å². The smallest absolute Gasteiger partial charge is 0.305 e. The summed E-state index contributed by atoms with van der Waals surface area (Å²) in [4.78, 5) is 18.7. The molecule has 1 aromatic heterocycles. The second-order valence-corrected chi connectivity index (χ2v) is 9.87. The summed E-state index contributed by atoms with van der Waals surface area (Å²) in [6.45, 7) is 0. The van der Waals surface area contributed by atoms with Crippen molar-refractivity contribution in [3.8, 4) is 0 Å². The van der Waals surface area contributed by atoms with E-state index in [4.69, 9.17) is 0 Å². The number of nitrogens with one attached hydrogen (secondary N) is 1. The number of aromatic nitrogens is 1. The van der Waals surface area contributed by atoms with Crippen LogP contribution in [0.3, 0.4) is 0 Å². The van der Waals surface area contributed by atoms with Crippen LogP contribution in [-0.2, 0) is 0 Å². The molecule has 5 rings (SSSR count). The van der Waals surface area contributed by atoms with E-state index < -0.39 is 0 Å². The van der Waals surface area contributed by atoms with Crippen LogP contribution < -0.4 is 9.77 Å². The highest BCUT2D eigenvalue weighted by Crippen LogP contribution is 2.63. The van der Waals surface area contributed by atoms with E-state index in [1.165, 1.54) is 46.7 Å². The summed E-state index contributed by atoms with van der Waals surface area (Å²) in [6, 6.07) is 9.00. The number of hydrogen-bond donors (Lipinski definition) is 1. The molecule has 2 aliphatic carbocycles. The highest BCUT2D eigenvalue weighted by molar-refractivity contribution is 8.00. The number of H-pyrrole nitrogens is 1. The minimum Gasteiger partial charge on any atom is -0.378 e. The fourth-order valence-electron chi connectivity index (χ4n) is 5.20. The van der Waals surface area contributed by atoms with E-state index in [-0.39, 0.29) is 4.87 Å². The molecule has 3 nitrogen and oxygen atoms in total.